The van der Waals surface area contributed by atoms with E-state index in [9.17, 15) is 10.4 Å². The molecule has 0 fully saturated rings. The smallest absolute Gasteiger partial charge is 0.180 e. The number of nitrogens with one attached hydrogen (secondary N) is 1. The Balaban J connectivity index is 2.45. The number of aliphatic imine (C=N–C) groups is 1. The van der Waals surface area contributed by atoms with Crippen LogP contribution in [0.15, 0.2) is 58.7 Å². The lowest BCUT2D eigenvalue weighted by Crippen LogP contribution is -2.29. The van der Waals surface area contributed by atoms with Gasteiger partial charge in [0.2, 0.25) is 0 Å². The molecule has 21 heavy (non-hydrogen) atoms. The summed E-state index contributed by atoms with van der Waals surface area (Å²) in [5, 5.41) is 21.8. The fourth-order valence-electron chi connectivity index (χ4n) is 1.79. The van der Waals surface area contributed by atoms with Crippen LogP contribution in [0.4, 0.5) is 5.69 Å². The largest absolute Gasteiger partial charge is 0.410 e. The van der Waals surface area contributed by atoms with E-state index in [4.69, 9.17) is 0 Å². The highest BCUT2D eigenvalue weighted by Gasteiger charge is 2.13. The third-order valence-electron chi connectivity index (χ3n) is 2.81. The maximum absolute atomic E-state index is 9.32. The topological polar surface area (TPSA) is 77.2 Å². The van der Waals surface area contributed by atoms with Crippen LogP contribution in [0.3, 0.4) is 0 Å². The van der Waals surface area contributed by atoms with Crippen LogP contribution in [-0.2, 0) is 0 Å². The Hall–Kier alpha value is -1.93. The van der Waals surface area contributed by atoms with Crippen molar-refractivity contribution in [2.24, 2.45) is 10.1 Å². The number of hydrogen-bond acceptors (Lipinski definition) is 4. The van der Waals surface area contributed by atoms with Crippen molar-refractivity contribution >= 4 is 39.8 Å². The average molecular weight is 395 g/mol. The summed E-state index contributed by atoms with van der Waals surface area (Å²) in [6.07, 6.45) is 0. The number of nitrogens with zero attached hydrogens (tertiary/aromatic N) is 2. The van der Waals surface area contributed by atoms with Crippen LogP contribution in [0.25, 0.3) is 0 Å². The molecule has 0 bridgehead atoms. The van der Waals surface area contributed by atoms with Crippen molar-refractivity contribution in [3.63, 3.8) is 0 Å². The molecule has 0 aliphatic rings. The van der Waals surface area contributed by atoms with Gasteiger partial charge in [0.15, 0.2) is 11.5 Å². The highest BCUT2D eigenvalue weighted by atomic mass is 127. The van der Waals surface area contributed by atoms with Crippen LogP contribution in [-0.4, -0.2) is 22.0 Å². The molecule has 0 spiro atoms. The molecule has 2 aromatic rings. The van der Waals surface area contributed by atoms with Gasteiger partial charge < -0.3 is 5.21 Å². The number of aryl methyl sites for hydroxylation is 1. The van der Waals surface area contributed by atoms with Crippen LogP contribution in [0.5, 0.6) is 0 Å². The van der Waals surface area contributed by atoms with Crippen LogP contribution in [0.1, 0.15) is 11.1 Å². The van der Waals surface area contributed by atoms with E-state index in [0.29, 0.717) is 11.3 Å². The SMILES string of the molecule is Cc1ccc(N=C(NO)/C(=N/O)c2ccccc2)c(I)c1. The van der Waals surface area contributed by atoms with Crippen molar-refractivity contribution in [2.45, 2.75) is 6.92 Å². The second-order valence-corrected chi connectivity index (χ2v) is 5.50. The van der Waals surface area contributed by atoms with Gasteiger partial charge in [0.25, 0.3) is 0 Å². The first-order valence-electron chi connectivity index (χ1n) is 6.18. The van der Waals surface area contributed by atoms with Gasteiger partial charge >= 0.3 is 0 Å². The van der Waals surface area contributed by atoms with Gasteiger partial charge in [-0.2, -0.15) is 0 Å². The predicted molar refractivity (Wildman–Crippen MR) is 90.7 cm³/mol. The van der Waals surface area contributed by atoms with Gasteiger partial charge in [0.1, 0.15) is 0 Å². The number of oxime groups is 1. The third-order valence-corrected chi connectivity index (χ3v) is 3.68. The van der Waals surface area contributed by atoms with Gasteiger partial charge in [-0.3, -0.25) is 10.7 Å². The first-order valence-corrected chi connectivity index (χ1v) is 7.26. The summed E-state index contributed by atoms with van der Waals surface area (Å²) in [6.45, 7) is 1.99. The molecular formula is C15H14IN3O2. The molecule has 0 heterocycles. The number of hydroxylamine groups is 1. The monoisotopic (exact) mass is 395 g/mol. The van der Waals surface area contributed by atoms with E-state index in [1.54, 1.807) is 12.1 Å². The third kappa shape index (κ3) is 3.79. The molecule has 0 amide bonds. The van der Waals surface area contributed by atoms with Crippen molar-refractivity contribution < 1.29 is 10.4 Å². The molecule has 3 N–H and O–H groups in total. The number of hydrogen-bond donors (Lipinski definition) is 3. The van der Waals surface area contributed by atoms with Gasteiger partial charge in [0.05, 0.1) is 5.69 Å². The Kier molecular flexibility index (Phi) is 5.29. The zero-order valence-corrected chi connectivity index (χ0v) is 13.4. The minimum absolute atomic E-state index is 0.0745. The summed E-state index contributed by atoms with van der Waals surface area (Å²) < 4.78 is 0.936. The molecule has 108 valence electrons. The average Bonchev–Trinajstić information content (AvgIpc) is 2.50. The standard InChI is InChI=1S/C15H14IN3O2/c1-10-7-8-13(12(16)9-10)17-15(19-21)14(18-20)11-5-3-2-4-6-11/h2-9,20-21H,1H3,(H,17,19)/b18-14+. The molecule has 6 heteroatoms. The fraction of sp³-hybridized carbons (Fsp3) is 0.0667. The van der Waals surface area contributed by atoms with Crippen molar-refractivity contribution in [3.8, 4) is 0 Å². The van der Waals surface area contributed by atoms with E-state index in [1.165, 1.54) is 0 Å². The van der Waals surface area contributed by atoms with Gasteiger partial charge in [-0.15, -0.1) is 0 Å². The molecule has 2 aromatic carbocycles. The summed E-state index contributed by atoms with van der Waals surface area (Å²) in [6, 6.07) is 14.8. The van der Waals surface area contributed by atoms with Gasteiger partial charge in [-0.25, -0.2) is 4.99 Å². The molecule has 0 atom stereocenters. The second-order valence-electron chi connectivity index (χ2n) is 4.34. The molecule has 0 aromatic heterocycles. The van der Waals surface area contributed by atoms with Gasteiger partial charge in [-0.1, -0.05) is 41.6 Å². The molecular weight excluding hydrogens is 381 g/mol. The Labute approximate surface area is 136 Å². The Bertz CT molecular complexity index is 685. The Morgan fingerprint density at radius 1 is 1.14 bits per heavy atom. The summed E-state index contributed by atoms with van der Waals surface area (Å²) in [5.74, 6) is 0.0745. The molecule has 0 aliphatic heterocycles. The zero-order chi connectivity index (χ0) is 15.2. The van der Waals surface area contributed by atoms with E-state index in [-0.39, 0.29) is 11.5 Å². The lowest BCUT2D eigenvalue weighted by Gasteiger charge is -2.08. The number of amidine groups is 1. The normalized spacial score (nSPS) is 12.3. The molecule has 0 unspecified atom stereocenters. The highest BCUT2D eigenvalue weighted by Crippen LogP contribution is 2.22. The van der Waals surface area contributed by atoms with Gasteiger partial charge in [0, 0.05) is 9.13 Å². The number of halogens is 1. The molecule has 2 rings (SSSR count). The lowest BCUT2D eigenvalue weighted by molar-refractivity contribution is 0.236. The van der Waals surface area contributed by atoms with E-state index in [0.717, 1.165) is 9.13 Å². The summed E-state index contributed by atoms with van der Waals surface area (Å²) >= 11 is 2.17. The Morgan fingerprint density at radius 2 is 1.86 bits per heavy atom. The van der Waals surface area contributed by atoms with E-state index in [2.05, 4.69) is 32.7 Å². The van der Waals surface area contributed by atoms with Crippen molar-refractivity contribution in [1.29, 1.82) is 0 Å². The molecule has 0 aliphatic carbocycles. The zero-order valence-electron chi connectivity index (χ0n) is 11.3. The van der Waals surface area contributed by atoms with Crippen molar-refractivity contribution in [3.05, 3.63) is 63.2 Å². The molecule has 0 saturated heterocycles. The molecule has 0 saturated carbocycles. The van der Waals surface area contributed by atoms with Crippen LogP contribution in [0, 0.1) is 10.5 Å². The maximum atomic E-state index is 9.32. The number of rotatable bonds is 3. The predicted octanol–water partition coefficient (Wildman–Crippen LogP) is 3.49. The van der Waals surface area contributed by atoms with E-state index in [1.807, 2.05) is 48.8 Å². The minimum atomic E-state index is 0.0745. The molecule has 0 radical (unpaired) electrons. The van der Waals surface area contributed by atoms with Crippen molar-refractivity contribution in [2.75, 3.05) is 0 Å². The van der Waals surface area contributed by atoms with Crippen LogP contribution >= 0.6 is 22.6 Å². The van der Waals surface area contributed by atoms with E-state index < -0.39 is 0 Å². The minimum Gasteiger partial charge on any atom is -0.410 e. The fourth-order valence-corrected chi connectivity index (χ4v) is 2.58. The first kappa shape index (κ1) is 15.5. The summed E-state index contributed by atoms with van der Waals surface area (Å²) in [7, 11) is 0. The van der Waals surface area contributed by atoms with Crippen LogP contribution < -0.4 is 5.48 Å². The number of benzene rings is 2. The first-order chi connectivity index (χ1) is 10.2. The van der Waals surface area contributed by atoms with Crippen molar-refractivity contribution in [1.82, 2.24) is 5.48 Å². The molecule has 5 nitrogen and oxygen atoms in total. The van der Waals surface area contributed by atoms with Gasteiger partial charge in [-0.05, 0) is 47.2 Å². The summed E-state index contributed by atoms with van der Waals surface area (Å²) in [5.41, 5.74) is 4.60. The highest BCUT2D eigenvalue weighted by molar-refractivity contribution is 14.1. The van der Waals surface area contributed by atoms with Crippen LogP contribution in [0.2, 0.25) is 0 Å². The second kappa shape index (κ2) is 7.19. The Morgan fingerprint density at radius 3 is 2.43 bits per heavy atom. The maximum Gasteiger partial charge on any atom is 0.180 e. The summed E-state index contributed by atoms with van der Waals surface area (Å²) in [4.78, 5) is 4.32. The van der Waals surface area contributed by atoms with E-state index >= 15 is 0 Å². The lowest BCUT2D eigenvalue weighted by atomic mass is 10.1. The quantitative estimate of drug-likeness (QED) is 0.245.